The van der Waals surface area contributed by atoms with Gasteiger partial charge < -0.3 is 28.7 Å². The monoisotopic (exact) mass is 816 g/mol. The summed E-state index contributed by atoms with van der Waals surface area (Å²) in [4.78, 5) is 29.0. The van der Waals surface area contributed by atoms with Gasteiger partial charge in [-0.25, -0.2) is 0 Å². The SMILES string of the molecule is COc1cccc(C2(c3cccc(OC)c3)C=Cc3c(C(=O)N4CC4)n[nH]c3C2)c1.COc1cccc(C2(c3cccc(OC)c3)C=Cc3c(C(=O)N4CCC4)n[nH]c3C2)c1. The number of benzene rings is 4. The molecule has 6 aromatic rings. The Morgan fingerprint density at radius 2 is 0.869 bits per heavy atom. The van der Waals surface area contributed by atoms with Crippen molar-refractivity contribution in [2.45, 2.75) is 30.1 Å². The Morgan fingerprint density at radius 3 is 1.16 bits per heavy atom. The van der Waals surface area contributed by atoms with Gasteiger partial charge in [0.25, 0.3) is 11.8 Å². The van der Waals surface area contributed by atoms with Crippen LogP contribution >= 0.6 is 0 Å². The number of likely N-dealkylation sites (tertiary alicyclic amines) is 1. The van der Waals surface area contributed by atoms with Crippen molar-refractivity contribution in [3.05, 3.63) is 165 Å². The fourth-order valence-electron chi connectivity index (χ4n) is 8.66. The first kappa shape index (κ1) is 39.4. The second-order valence-electron chi connectivity index (χ2n) is 15.8. The molecule has 0 unspecified atom stereocenters. The predicted molar refractivity (Wildman–Crippen MR) is 233 cm³/mol. The summed E-state index contributed by atoms with van der Waals surface area (Å²) in [6.45, 7) is 3.23. The zero-order chi connectivity index (χ0) is 42.1. The van der Waals surface area contributed by atoms with Gasteiger partial charge in [-0.3, -0.25) is 19.8 Å². The summed E-state index contributed by atoms with van der Waals surface area (Å²) in [6, 6.07) is 32.5. The second-order valence-corrected chi connectivity index (χ2v) is 15.8. The van der Waals surface area contributed by atoms with E-state index < -0.39 is 10.8 Å². The molecule has 2 fully saturated rings. The molecule has 2 amide bonds. The van der Waals surface area contributed by atoms with Crippen molar-refractivity contribution in [3.63, 3.8) is 0 Å². The van der Waals surface area contributed by atoms with Crippen molar-refractivity contribution in [1.29, 1.82) is 0 Å². The van der Waals surface area contributed by atoms with Crippen LogP contribution in [0.4, 0.5) is 0 Å². The number of carbonyl (C=O) groups is 2. The molecule has 2 aliphatic carbocycles. The number of amides is 2. The number of aromatic amines is 2. The van der Waals surface area contributed by atoms with Crippen molar-refractivity contribution < 1.29 is 28.5 Å². The third-order valence-electron chi connectivity index (χ3n) is 12.4. The lowest BCUT2D eigenvalue weighted by Crippen LogP contribution is -2.42. The molecule has 2 aromatic heterocycles. The molecule has 4 aliphatic rings. The number of methoxy groups -OCH3 is 4. The molecule has 2 N–H and O–H groups in total. The Kier molecular flexibility index (Phi) is 10.4. The third-order valence-corrected chi connectivity index (χ3v) is 12.4. The van der Waals surface area contributed by atoms with E-state index in [0.717, 1.165) is 100 Å². The molecule has 2 saturated heterocycles. The number of allylic oxidation sites excluding steroid dienone is 2. The first-order chi connectivity index (χ1) is 29.8. The summed E-state index contributed by atoms with van der Waals surface area (Å²) >= 11 is 0. The standard InChI is InChI=1S/C25H25N3O3.C24H23N3O3/c1-30-19-8-3-6-17(14-19)25(18-7-4-9-20(15-18)31-2)11-10-21-22(16-25)26-27-23(21)24(29)28-12-5-13-28;1-29-18-7-3-5-16(13-18)24(17-6-4-8-19(14-17)30-2)10-9-20-21(15-24)25-26-22(20)23(28)27-11-12-27/h3-4,6-11,14-15H,5,12-13,16H2,1-2H3,(H,26,27);3-10,13-14H,11-12,15H2,1-2H3,(H,25,26). The average molecular weight is 817 g/mol. The molecule has 10 rings (SSSR count). The topological polar surface area (TPSA) is 135 Å². The molecular formula is C49H48N6O6. The minimum atomic E-state index is -0.445. The normalized spacial score (nSPS) is 16.3. The lowest BCUT2D eigenvalue weighted by molar-refractivity contribution is 0.0645. The number of carbonyl (C=O) groups excluding carboxylic acids is 2. The maximum Gasteiger partial charge on any atom is 0.275 e. The number of rotatable bonds is 10. The number of hydrogen-bond donors (Lipinski definition) is 2. The highest BCUT2D eigenvalue weighted by Crippen LogP contribution is 2.45. The predicted octanol–water partition coefficient (Wildman–Crippen LogP) is 7.27. The first-order valence-corrected chi connectivity index (χ1v) is 20.5. The molecule has 12 heteroatoms. The number of fused-ring (bicyclic) bond motifs is 2. The average Bonchev–Trinajstić information content (AvgIpc) is 3.94. The number of nitrogens with zero attached hydrogens (tertiary/aromatic N) is 4. The van der Waals surface area contributed by atoms with E-state index in [4.69, 9.17) is 18.9 Å². The van der Waals surface area contributed by atoms with Crippen LogP contribution in [-0.2, 0) is 23.7 Å². The highest BCUT2D eigenvalue weighted by molar-refractivity contribution is 5.98. The molecule has 12 nitrogen and oxygen atoms in total. The van der Waals surface area contributed by atoms with Crippen molar-refractivity contribution in [2.75, 3.05) is 54.6 Å². The lowest BCUT2D eigenvalue weighted by Gasteiger charge is -2.35. The van der Waals surface area contributed by atoms with Crippen LogP contribution in [0.25, 0.3) is 12.2 Å². The number of nitrogens with one attached hydrogen (secondary N) is 2. The maximum atomic E-state index is 12.8. The van der Waals surface area contributed by atoms with E-state index in [1.165, 1.54) is 0 Å². The summed E-state index contributed by atoms with van der Waals surface area (Å²) in [5.41, 5.74) is 8.22. The summed E-state index contributed by atoms with van der Waals surface area (Å²) in [7, 11) is 6.70. The Labute approximate surface area is 354 Å². The van der Waals surface area contributed by atoms with Crippen LogP contribution in [-0.4, -0.2) is 96.6 Å². The van der Waals surface area contributed by atoms with Gasteiger partial charge in [-0.15, -0.1) is 0 Å². The molecule has 61 heavy (non-hydrogen) atoms. The van der Waals surface area contributed by atoms with Gasteiger partial charge in [-0.05, 0) is 77.2 Å². The summed E-state index contributed by atoms with van der Waals surface area (Å²) in [5.74, 6) is 3.21. The van der Waals surface area contributed by atoms with Gasteiger partial charge in [-0.1, -0.05) is 72.8 Å². The van der Waals surface area contributed by atoms with E-state index in [0.29, 0.717) is 24.2 Å². The van der Waals surface area contributed by atoms with Gasteiger partial charge in [0.15, 0.2) is 11.4 Å². The number of ether oxygens (including phenoxy) is 4. The fourth-order valence-corrected chi connectivity index (χ4v) is 8.66. The van der Waals surface area contributed by atoms with E-state index in [1.807, 2.05) is 65.6 Å². The van der Waals surface area contributed by atoms with Gasteiger partial charge in [0, 0.05) is 72.4 Å². The largest absolute Gasteiger partial charge is 0.497 e. The highest BCUT2D eigenvalue weighted by atomic mass is 16.5. The molecule has 0 bridgehead atoms. The van der Waals surface area contributed by atoms with Gasteiger partial charge in [0.2, 0.25) is 0 Å². The Hall–Kier alpha value is -7.08. The second kappa shape index (κ2) is 16.2. The van der Waals surface area contributed by atoms with E-state index >= 15 is 0 Å². The third kappa shape index (κ3) is 7.21. The minimum Gasteiger partial charge on any atom is -0.497 e. The number of aromatic nitrogens is 4. The van der Waals surface area contributed by atoms with Crippen molar-refractivity contribution in [3.8, 4) is 23.0 Å². The first-order valence-electron chi connectivity index (χ1n) is 20.5. The Morgan fingerprint density at radius 1 is 0.525 bits per heavy atom. The van der Waals surface area contributed by atoms with Crippen LogP contribution in [0, 0.1) is 0 Å². The number of H-pyrrole nitrogens is 2. The van der Waals surface area contributed by atoms with Gasteiger partial charge in [0.05, 0.1) is 28.4 Å². The van der Waals surface area contributed by atoms with E-state index in [9.17, 15) is 9.59 Å². The Bertz CT molecular complexity index is 2570. The van der Waals surface area contributed by atoms with Crippen molar-refractivity contribution in [1.82, 2.24) is 30.2 Å². The van der Waals surface area contributed by atoms with E-state index in [-0.39, 0.29) is 11.8 Å². The van der Waals surface area contributed by atoms with Crippen molar-refractivity contribution in [2.24, 2.45) is 0 Å². The van der Waals surface area contributed by atoms with Crippen LogP contribution in [0.15, 0.2) is 109 Å². The zero-order valence-corrected chi connectivity index (χ0v) is 34.7. The summed E-state index contributed by atoms with van der Waals surface area (Å²) < 4.78 is 22.0. The maximum absolute atomic E-state index is 12.8. The van der Waals surface area contributed by atoms with Crippen LogP contribution in [0.5, 0.6) is 23.0 Å². The highest BCUT2D eigenvalue weighted by Gasteiger charge is 2.40. The molecule has 4 aromatic carbocycles. The fraction of sp³-hybridized carbons (Fsp3) is 0.265. The molecular weight excluding hydrogens is 769 g/mol. The van der Waals surface area contributed by atoms with Crippen LogP contribution in [0.2, 0.25) is 0 Å². The summed E-state index contributed by atoms with van der Waals surface area (Å²) in [5, 5.41) is 15.0. The lowest BCUT2D eigenvalue weighted by atomic mass is 9.68. The molecule has 0 radical (unpaired) electrons. The van der Waals surface area contributed by atoms with Gasteiger partial charge >= 0.3 is 0 Å². The van der Waals surface area contributed by atoms with E-state index in [2.05, 4.69) is 81.1 Å². The van der Waals surface area contributed by atoms with Crippen LogP contribution in [0.1, 0.15) is 72.2 Å². The minimum absolute atomic E-state index is 0.00339. The molecule has 2 aliphatic heterocycles. The molecule has 0 spiro atoms. The van der Waals surface area contributed by atoms with Crippen molar-refractivity contribution >= 4 is 24.0 Å². The number of hydrogen-bond acceptors (Lipinski definition) is 8. The van der Waals surface area contributed by atoms with E-state index in [1.54, 1.807) is 33.3 Å². The summed E-state index contributed by atoms with van der Waals surface area (Å²) in [6.07, 6.45) is 10.8. The van der Waals surface area contributed by atoms with Gasteiger partial charge in [0.1, 0.15) is 23.0 Å². The quantitative estimate of drug-likeness (QED) is 0.138. The molecule has 0 atom stereocenters. The molecule has 4 heterocycles. The molecule has 0 saturated carbocycles. The Balaban J connectivity index is 0.000000156. The smallest absolute Gasteiger partial charge is 0.275 e. The molecule has 310 valence electrons. The zero-order valence-electron chi connectivity index (χ0n) is 34.7. The van der Waals surface area contributed by atoms with Gasteiger partial charge in [-0.2, -0.15) is 10.2 Å². The van der Waals surface area contributed by atoms with Crippen LogP contribution in [0.3, 0.4) is 0 Å². The van der Waals surface area contributed by atoms with Crippen LogP contribution < -0.4 is 18.9 Å².